The molecule has 8 heteroatoms. The van der Waals surface area contributed by atoms with E-state index in [4.69, 9.17) is 10.8 Å². The summed E-state index contributed by atoms with van der Waals surface area (Å²) < 4.78 is 24.0. The summed E-state index contributed by atoms with van der Waals surface area (Å²) in [6.07, 6.45) is 1.35. The highest BCUT2D eigenvalue weighted by atomic mass is 32.2. The number of aliphatic carboxylic acids is 1. The van der Waals surface area contributed by atoms with Gasteiger partial charge in [-0.2, -0.15) is 0 Å². The molecule has 1 fully saturated rings. The van der Waals surface area contributed by atoms with E-state index in [1.165, 1.54) is 24.3 Å². The number of nitrogens with two attached hydrogens (primary N) is 1. The summed E-state index contributed by atoms with van der Waals surface area (Å²) in [5.41, 5.74) is 5.00. The Labute approximate surface area is 115 Å². The van der Waals surface area contributed by atoms with Crippen LogP contribution in [0.4, 0.5) is 0 Å². The van der Waals surface area contributed by atoms with Gasteiger partial charge < -0.3 is 9.94 Å². The van der Waals surface area contributed by atoms with Crippen molar-refractivity contribution in [3.63, 3.8) is 0 Å². The third-order valence-electron chi connectivity index (χ3n) is 2.85. The van der Waals surface area contributed by atoms with E-state index in [0.29, 0.717) is 12.8 Å². The zero-order chi connectivity index (χ0) is 14.8. The molecule has 1 aliphatic rings. The average Bonchev–Trinajstić information content (AvgIpc) is 3.24. The second-order valence-corrected chi connectivity index (χ2v) is 6.54. The van der Waals surface area contributed by atoms with Crippen LogP contribution in [-0.4, -0.2) is 37.2 Å². The molecule has 0 atom stereocenters. The quantitative estimate of drug-likeness (QED) is 0.444. The van der Waals surface area contributed by atoms with E-state index >= 15 is 0 Å². The number of rotatable bonds is 6. The molecule has 20 heavy (non-hydrogen) atoms. The van der Waals surface area contributed by atoms with Crippen LogP contribution in [0.1, 0.15) is 18.4 Å². The monoisotopic (exact) mass is 298 g/mol. The lowest BCUT2D eigenvalue weighted by molar-refractivity contribution is -0.129. The summed E-state index contributed by atoms with van der Waals surface area (Å²) in [5.74, 6) is -1.28. The Morgan fingerprint density at radius 1 is 1.35 bits per heavy atom. The molecule has 0 amide bonds. The smallest absolute Gasteiger partial charge is 0.358 e. The topological polar surface area (TPSA) is 119 Å². The third-order valence-corrected chi connectivity index (χ3v) is 5.13. The van der Waals surface area contributed by atoms with Crippen molar-refractivity contribution in [2.45, 2.75) is 23.0 Å². The van der Waals surface area contributed by atoms with E-state index in [1.54, 1.807) is 0 Å². The highest BCUT2D eigenvalue weighted by molar-refractivity contribution is 7.92. The molecule has 0 radical (unpaired) electrons. The summed E-state index contributed by atoms with van der Waals surface area (Å²) >= 11 is 0. The van der Waals surface area contributed by atoms with Gasteiger partial charge in [-0.15, -0.1) is 0 Å². The van der Waals surface area contributed by atoms with Gasteiger partial charge in [0.25, 0.3) is 0 Å². The maximum Gasteiger partial charge on any atom is 0.358 e. The molecule has 0 spiro atoms. The van der Waals surface area contributed by atoms with Crippen molar-refractivity contribution < 1.29 is 23.2 Å². The van der Waals surface area contributed by atoms with E-state index in [0.717, 1.165) is 0 Å². The number of sulfone groups is 1. The van der Waals surface area contributed by atoms with E-state index in [9.17, 15) is 13.2 Å². The Bertz CT molecular complexity index is 632. The van der Waals surface area contributed by atoms with Crippen LogP contribution in [-0.2, 0) is 19.5 Å². The van der Waals surface area contributed by atoms with Crippen LogP contribution in [0, 0.1) is 0 Å². The molecule has 2 rings (SSSR count). The van der Waals surface area contributed by atoms with Gasteiger partial charge in [-0.3, -0.25) is 5.73 Å². The fourth-order valence-electron chi connectivity index (χ4n) is 1.69. The van der Waals surface area contributed by atoms with Gasteiger partial charge in [0.05, 0.1) is 10.1 Å². The molecule has 0 aliphatic heterocycles. The minimum atomic E-state index is -3.28. The molecule has 0 heterocycles. The lowest BCUT2D eigenvalue weighted by Gasteiger charge is -2.05. The van der Waals surface area contributed by atoms with Crippen molar-refractivity contribution in [1.29, 1.82) is 0 Å². The van der Waals surface area contributed by atoms with Crippen LogP contribution in [0.2, 0.25) is 0 Å². The number of hydrogen-bond donors (Lipinski definition) is 2. The molecular formula is C12H14N2O5S. The van der Waals surface area contributed by atoms with Crippen molar-refractivity contribution in [1.82, 2.24) is 0 Å². The van der Waals surface area contributed by atoms with Gasteiger partial charge in [-0.05, 0) is 25.0 Å². The van der Waals surface area contributed by atoms with E-state index in [1.807, 2.05) is 0 Å². The number of carboxylic acids is 1. The predicted molar refractivity (Wildman–Crippen MR) is 71.0 cm³/mol. The first-order chi connectivity index (χ1) is 9.46. The minimum absolute atomic E-state index is 0.188. The molecule has 7 nitrogen and oxygen atoms in total. The largest absolute Gasteiger partial charge is 0.476 e. The molecule has 0 bridgehead atoms. The SMILES string of the molecule is NCO/N=C(/C(=O)O)c1ccc(S(=O)(=O)C2CC2)cc1. The molecular weight excluding hydrogens is 284 g/mol. The molecule has 1 aromatic carbocycles. The van der Waals surface area contributed by atoms with Crippen molar-refractivity contribution >= 4 is 21.5 Å². The molecule has 108 valence electrons. The Hall–Kier alpha value is -1.93. The fraction of sp³-hybridized carbons (Fsp3) is 0.333. The van der Waals surface area contributed by atoms with Crippen molar-refractivity contribution in [2.24, 2.45) is 10.9 Å². The standard InChI is InChI=1S/C12H14N2O5S/c13-7-19-14-11(12(15)16)8-1-3-9(4-2-8)20(17,18)10-5-6-10/h1-4,10H,5-7,13H2,(H,15,16)/b14-11+. The molecule has 1 aliphatic carbocycles. The third kappa shape index (κ3) is 2.97. The summed E-state index contributed by atoms with van der Waals surface area (Å²) in [6, 6.07) is 5.54. The van der Waals surface area contributed by atoms with E-state index in [2.05, 4.69) is 9.99 Å². The summed E-state index contributed by atoms with van der Waals surface area (Å²) in [4.78, 5) is 15.7. The van der Waals surface area contributed by atoms with Crippen LogP contribution >= 0.6 is 0 Å². The number of nitrogens with zero attached hydrogens (tertiary/aromatic N) is 1. The maximum absolute atomic E-state index is 12.0. The minimum Gasteiger partial charge on any atom is -0.476 e. The van der Waals surface area contributed by atoms with Gasteiger partial charge >= 0.3 is 5.97 Å². The number of oxime groups is 1. The molecule has 0 unspecified atom stereocenters. The number of benzene rings is 1. The van der Waals surface area contributed by atoms with Crippen LogP contribution in [0.15, 0.2) is 34.3 Å². The Morgan fingerprint density at radius 2 is 1.95 bits per heavy atom. The van der Waals surface area contributed by atoms with E-state index in [-0.39, 0.29) is 28.2 Å². The lowest BCUT2D eigenvalue weighted by Crippen LogP contribution is -2.16. The van der Waals surface area contributed by atoms with Crippen molar-refractivity contribution in [2.75, 3.05) is 6.73 Å². The Balaban J connectivity index is 2.29. The van der Waals surface area contributed by atoms with Gasteiger partial charge in [0.2, 0.25) is 0 Å². The summed E-state index contributed by atoms with van der Waals surface area (Å²) in [7, 11) is -3.28. The first-order valence-corrected chi connectivity index (χ1v) is 7.49. The average molecular weight is 298 g/mol. The summed E-state index contributed by atoms with van der Waals surface area (Å²) in [5, 5.41) is 12.1. The normalized spacial score (nSPS) is 15.9. The molecule has 3 N–H and O–H groups in total. The van der Waals surface area contributed by atoms with Gasteiger partial charge in [-0.1, -0.05) is 17.3 Å². The van der Waals surface area contributed by atoms with E-state index < -0.39 is 15.8 Å². The number of carbonyl (C=O) groups is 1. The molecule has 0 saturated heterocycles. The highest BCUT2D eigenvalue weighted by Gasteiger charge is 2.36. The number of carboxylic acid groups (broad SMARTS) is 1. The fourth-order valence-corrected chi connectivity index (χ4v) is 3.35. The van der Waals surface area contributed by atoms with Gasteiger partial charge in [0.15, 0.2) is 22.3 Å². The second-order valence-electron chi connectivity index (χ2n) is 4.31. The zero-order valence-electron chi connectivity index (χ0n) is 10.5. The van der Waals surface area contributed by atoms with Crippen LogP contribution < -0.4 is 5.73 Å². The summed E-state index contributed by atoms with van der Waals surface area (Å²) in [6.45, 7) is -0.245. The predicted octanol–water partition coefficient (Wildman–Crippen LogP) is 0.344. The van der Waals surface area contributed by atoms with Crippen LogP contribution in [0.3, 0.4) is 0 Å². The molecule has 0 aromatic heterocycles. The maximum atomic E-state index is 12.0. The zero-order valence-corrected chi connectivity index (χ0v) is 11.3. The van der Waals surface area contributed by atoms with Gasteiger partial charge in [-0.25, -0.2) is 13.2 Å². The van der Waals surface area contributed by atoms with Gasteiger partial charge in [0.1, 0.15) is 0 Å². The van der Waals surface area contributed by atoms with Crippen molar-refractivity contribution in [3.8, 4) is 0 Å². The lowest BCUT2D eigenvalue weighted by atomic mass is 10.1. The first-order valence-electron chi connectivity index (χ1n) is 5.94. The van der Waals surface area contributed by atoms with Crippen LogP contribution in [0.5, 0.6) is 0 Å². The number of hydrogen-bond acceptors (Lipinski definition) is 6. The highest BCUT2D eigenvalue weighted by Crippen LogP contribution is 2.33. The first kappa shape index (κ1) is 14.5. The van der Waals surface area contributed by atoms with Gasteiger partial charge in [0, 0.05) is 5.56 Å². The van der Waals surface area contributed by atoms with Crippen LogP contribution in [0.25, 0.3) is 0 Å². The van der Waals surface area contributed by atoms with Crippen molar-refractivity contribution in [3.05, 3.63) is 29.8 Å². The molecule has 1 saturated carbocycles. The Kier molecular flexibility index (Phi) is 4.05. The Morgan fingerprint density at radius 3 is 2.40 bits per heavy atom. The second kappa shape index (κ2) is 5.59. The molecule has 1 aromatic rings.